The molecule has 4 nitrogen and oxygen atoms in total. The molecule has 21 heavy (non-hydrogen) atoms. The Morgan fingerprint density at radius 2 is 2.10 bits per heavy atom. The van der Waals surface area contributed by atoms with Gasteiger partial charge in [-0.05, 0) is 43.0 Å². The van der Waals surface area contributed by atoms with Gasteiger partial charge in [-0.1, -0.05) is 6.07 Å². The van der Waals surface area contributed by atoms with Gasteiger partial charge in [0.2, 0.25) is 5.91 Å². The fourth-order valence-corrected chi connectivity index (χ4v) is 2.77. The maximum absolute atomic E-state index is 11.2. The van der Waals surface area contributed by atoms with Gasteiger partial charge >= 0.3 is 0 Å². The van der Waals surface area contributed by atoms with Gasteiger partial charge in [-0.2, -0.15) is 0 Å². The van der Waals surface area contributed by atoms with Crippen molar-refractivity contribution in [2.75, 3.05) is 17.2 Å². The molecule has 0 aliphatic heterocycles. The van der Waals surface area contributed by atoms with Gasteiger partial charge in [-0.15, -0.1) is 11.3 Å². The molecule has 0 saturated carbocycles. The maximum Gasteiger partial charge on any atom is 0.221 e. The number of benzene rings is 1. The molecule has 5 heteroatoms. The van der Waals surface area contributed by atoms with Crippen LogP contribution in [0, 0.1) is 6.92 Å². The molecule has 0 spiro atoms. The van der Waals surface area contributed by atoms with Gasteiger partial charge < -0.3 is 15.4 Å². The zero-order valence-electron chi connectivity index (χ0n) is 12.5. The van der Waals surface area contributed by atoms with E-state index in [0.717, 1.165) is 22.0 Å². The Kier molecular flexibility index (Phi) is 5.22. The average molecular weight is 304 g/mol. The molecule has 0 saturated heterocycles. The number of aryl methyl sites for hydroxylation is 1. The summed E-state index contributed by atoms with van der Waals surface area (Å²) >= 11 is 1.62. The van der Waals surface area contributed by atoms with Crippen LogP contribution in [0.2, 0.25) is 0 Å². The van der Waals surface area contributed by atoms with E-state index in [9.17, 15) is 4.79 Å². The molecule has 2 N–H and O–H groups in total. The van der Waals surface area contributed by atoms with Crippen molar-refractivity contribution in [2.24, 2.45) is 0 Å². The number of rotatable bonds is 6. The predicted octanol–water partition coefficient (Wildman–Crippen LogP) is 4.03. The van der Waals surface area contributed by atoms with Crippen molar-refractivity contribution in [3.63, 3.8) is 0 Å². The van der Waals surface area contributed by atoms with Crippen molar-refractivity contribution in [3.8, 4) is 5.75 Å². The summed E-state index contributed by atoms with van der Waals surface area (Å²) in [5, 5.41) is 8.19. The first kappa shape index (κ1) is 15.4. The Bertz CT molecular complexity index is 622. The molecule has 1 aromatic heterocycles. The zero-order chi connectivity index (χ0) is 15.2. The number of hydrogen-bond donors (Lipinski definition) is 2. The molecular weight excluding hydrogens is 284 g/mol. The molecule has 112 valence electrons. The van der Waals surface area contributed by atoms with Crippen molar-refractivity contribution >= 4 is 28.6 Å². The van der Waals surface area contributed by atoms with E-state index >= 15 is 0 Å². The fourth-order valence-electron chi connectivity index (χ4n) is 2.00. The lowest BCUT2D eigenvalue weighted by atomic mass is 10.2. The summed E-state index contributed by atoms with van der Waals surface area (Å²) in [4.78, 5) is 12.3. The van der Waals surface area contributed by atoms with E-state index in [0.29, 0.717) is 13.2 Å². The Hall–Kier alpha value is -2.01. The van der Waals surface area contributed by atoms with Crippen molar-refractivity contribution in [3.05, 3.63) is 40.1 Å². The Balaban J connectivity index is 2.09. The molecule has 1 heterocycles. The van der Waals surface area contributed by atoms with Gasteiger partial charge in [0.1, 0.15) is 5.75 Å². The molecular formula is C16H20N2O2S. The van der Waals surface area contributed by atoms with Gasteiger partial charge in [0.25, 0.3) is 0 Å². The molecule has 0 aliphatic rings. The summed E-state index contributed by atoms with van der Waals surface area (Å²) in [7, 11) is 0. The fraction of sp³-hybridized carbons (Fsp3) is 0.312. The third-order valence-electron chi connectivity index (χ3n) is 2.93. The molecule has 2 rings (SSSR count). The summed E-state index contributed by atoms with van der Waals surface area (Å²) in [6, 6.07) is 8.01. The summed E-state index contributed by atoms with van der Waals surface area (Å²) in [6.07, 6.45) is 0. The first-order valence-electron chi connectivity index (χ1n) is 6.91. The van der Waals surface area contributed by atoms with Crippen LogP contribution in [0.1, 0.15) is 24.3 Å². The molecule has 0 bridgehead atoms. The van der Waals surface area contributed by atoms with E-state index in [1.165, 1.54) is 12.5 Å². The molecule has 0 unspecified atom stereocenters. The van der Waals surface area contributed by atoms with Crippen LogP contribution in [0.5, 0.6) is 5.75 Å². The van der Waals surface area contributed by atoms with E-state index in [-0.39, 0.29) is 5.91 Å². The second-order valence-corrected chi connectivity index (χ2v) is 5.73. The van der Waals surface area contributed by atoms with E-state index in [2.05, 4.69) is 10.6 Å². The number of anilines is 2. The summed E-state index contributed by atoms with van der Waals surface area (Å²) < 4.78 is 5.65. The predicted molar refractivity (Wildman–Crippen MR) is 88.3 cm³/mol. The Morgan fingerprint density at radius 1 is 1.29 bits per heavy atom. The monoisotopic (exact) mass is 304 g/mol. The lowest BCUT2D eigenvalue weighted by Gasteiger charge is -2.13. The highest BCUT2D eigenvalue weighted by Gasteiger charge is 2.08. The molecule has 2 aromatic rings. The molecule has 0 radical (unpaired) electrons. The minimum atomic E-state index is -0.0556. The van der Waals surface area contributed by atoms with Gasteiger partial charge in [0.05, 0.1) is 24.5 Å². The topological polar surface area (TPSA) is 50.4 Å². The Labute approximate surface area is 129 Å². The van der Waals surface area contributed by atoms with Crippen LogP contribution in [0.3, 0.4) is 0 Å². The van der Waals surface area contributed by atoms with Crippen molar-refractivity contribution in [1.29, 1.82) is 0 Å². The van der Waals surface area contributed by atoms with E-state index in [4.69, 9.17) is 4.74 Å². The van der Waals surface area contributed by atoms with Crippen LogP contribution in [-0.4, -0.2) is 12.5 Å². The number of ether oxygens (including phenoxy) is 1. The third-order valence-corrected chi connectivity index (χ3v) is 3.85. The molecule has 0 fully saturated rings. The number of hydrogen-bond acceptors (Lipinski definition) is 4. The number of amides is 1. The van der Waals surface area contributed by atoms with Crippen molar-refractivity contribution in [1.82, 2.24) is 0 Å². The highest BCUT2D eigenvalue weighted by molar-refractivity contribution is 7.10. The van der Waals surface area contributed by atoms with Crippen LogP contribution in [-0.2, 0) is 11.3 Å². The smallest absolute Gasteiger partial charge is 0.221 e. The first-order chi connectivity index (χ1) is 10.1. The van der Waals surface area contributed by atoms with Gasteiger partial charge in [-0.3, -0.25) is 4.79 Å². The number of nitrogens with one attached hydrogen (secondary N) is 2. The van der Waals surface area contributed by atoms with Crippen LogP contribution < -0.4 is 15.4 Å². The second kappa shape index (κ2) is 7.13. The van der Waals surface area contributed by atoms with Crippen molar-refractivity contribution in [2.45, 2.75) is 27.3 Å². The van der Waals surface area contributed by atoms with Crippen molar-refractivity contribution < 1.29 is 9.53 Å². The van der Waals surface area contributed by atoms with Gasteiger partial charge in [0, 0.05) is 11.8 Å². The molecule has 1 aromatic carbocycles. The van der Waals surface area contributed by atoms with Crippen LogP contribution >= 0.6 is 11.3 Å². The zero-order valence-corrected chi connectivity index (χ0v) is 13.3. The number of carbonyl (C=O) groups excluding carboxylic acids is 1. The first-order valence-corrected chi connectivity index (χ1v) is 7.79. The third kappa shape index (κ3) is 4.23. The molecule has 1 amide bonds. The summed E-state index contributed by atoms with van der Waals surface area (Å²) in [5.41, 5.74) is 2.99. The maximum atomic E-state index is 11.2. The van der Waals surface area contributed by atoms with Gasteiger partial charge in [-0.25, -0.2) is 0 Å². The SMILES string of the molecule is CCOc1cc(C)ccc1NCc1sccc1NC(C)=O. The highest BCUT2D eigenvalue weighted by atomic mass is 32.1. The average Bonchev–Trinajstić information content (AvgIpc) is 2.85. The minimum Gasteiger partial charge on any atom is -0.492 e. The summed E-state index contributed by atoms with van der Waals surface area (Å²) in [6.45, 7) is 6.81. The van der Waals surface area contributed by atoms with E-state index < -0.39 is 0 Å². The standard InChI is InChI=1S/C16H20N2O2S/c1-4-20-15-9-11(2)5-6-13(15)17-10-16-14(7-8-21-16)18-12(3)19/h5-9,17H,4,10H2,1-3H3,(H,18,19). The van der Waals surface area contributed by atoms with Crippen LogP contribution in [0.15, 0.2) is 29.6 Å². The van der Waals surface area contributed by atoms with E-state index in [1.807, 2.05) is 43.5 Å². The Morgan fingerprint density at radius 3 is 2.81 bits per heavy atom. The second-order valence-electron chi connectivity index (χ2n) is 4.72. The van der Waals surface area contributed by atoms with Crippen LogP contribution in [0.25, 0.3) is 0 Å². The highest BCUT2D eigenvalue weighted by Crippen LogP contribution is 2.28. The van der Waals surface area contributed by atoms with Gasteiger partial charge in [0.15, 0.2) is 0 Å². The van der Waals surface area contributed by atoms with Crippen LogP contribution in [0.4, 0.5) is 11.4 Å². The molecule has 0 aliphatic carbocycles. The number of thiophene rings is 1. The lowest BCUT2D eigenvalue weighted by molar-refractivity contribution is -0.114. The number of carbonyl (C=O) groups is 1. The normalized spacial score (nSPS) is 10.2. The summed E-state index contributed by atoms with van der Waals surface area (Å²) in [5.74, 6) is 0.801. The quantitative estimate of drug-likeness (QED) is 0.847. The largest absolute Gasteiger partial charge is 0.492 e. The minimum absolute atomic E-state index is 0.0556. The molecule has 0 atom stereocenters. The lowest BCUT2D eigenvalue weighted by Crippen LogP contribution is -2.08. The van der Waals surface area contributed by atoms with E-state index in [1.54, 1.807) is 11.3 Å².